The minimum atomic E-state index is -3.91. The van der Waals surface area contributed by atoms with Crippen LogP contribution in [-0.4, -0.2) is 61.2 Å². The summed E-state index contributed by atoms with van der Waals surface area (Å²) in [7, 11) is -2.75. The molecule has 114 valence electrons. The van der Waals surface area contributed by atoms with Gasteiger partial charge < -0.3 is 14.7 Å². The first-order valence-corrected chi connectivity index (χ1v) is 7.38. The molecule has 10 heteroatoms. The predicted molar refractivity (Wildman–Crippen MR) is 65.9 cm³/mol. The second-order valence-corrected chi connectivity index (χ2v) is 6.27. The van der Waals surface area contributed by atoms with Crippen molar-refractivity contribution in [2.45, 2.75) is 30.6 Å². The molecule has 0 spiro atoms. The maximum Gasteiger partial charge on any atom is 0.326 e. The largest absolute Gasteiger partial charge is 0.480 e. The topological polar surface area (TPSA) is 144 Å². The molecule has 0 bridgehead atoms. The van der Waals surface area contributed by atoms with Crippen molar-refractivity contribution in [1.29, 1.82) is 0 Å². The van der Waals surface area contributed by atoms with Gasteiger partial charge in [-0.3, -0.25) is 9.59 Å². The lowest BCUT2D eigenvalue weighted by atomic mass is 10.1. The van der Waals surface area contributed by atoms with Crippen LogP contribution in [0.3, 0.4) is 0 Å². The maximum atomic E-state index is 11.7. The molecule has 1 amide bonds. The van der Waals surface area contributed by atoms with Crippen molar-refractivity contribution >= 4 is 27.9 Å². The molecule has 1 saturated heterocycles. The van der Waals surface area contributed by atoms with Crippen LogP contribution in [0.5, 0.6) is 0 Å². The molecular weight excluding hydrogens is 292 g/mol. The number of likely N-dealkylation sites (tertiary alicyclic amines) is 1. The average Bonchev–Trinajstić information content (AvgIpc) is 2.71. The maximum absolute atomic E-state index is 11.7. The van der Waals surface area contributed by atoms with Gasteiger partial charge in [-0.25, -0.2) is 18.4 Å². The van der Waals surface area contributed by atoms with Crippen LogP contribution in [0.1, 0.15) is 19.3 Å². The number of carboxylic acid groups (broad SMARTS) is 1. The number of methoxy groups -OCH3 is 1. The predicted octanol–water partition coefficient (Wildman–Crippen LogP) is -1.72. The van der Waals surface area contributed by atoms with Crippen molar-refractivity contribution < 1.29 is 32.6 Å². The minimum absolute atomic E-state index is 0.148. The molecular formula is C10H16N2O7S. The molecule has 0 aromatic rings. The highest BCUT2D eigenvalue weighted by Gasteiger charge is 2.41. The van der Waals surface area contributed by atoms with Crippen molar-refractivity contribution in [1.82, 2.24) is 4.90 Å². The fourth-order valence-corrected chi connectivity index (χ4v) is 2.73. The van der Waals surface area contributed by atoms with Crippen molar-refractivity contribution in [3.8, 4) is 0 Å². The number of hydrogen-bond acceptors (Lipinski definition) is 6. The van der Waals surface area contributed by atoms with E-state index in [2.05, 4.69) is 4.74 Å². The standard InChI is InChI=1S/C10H16N2O7S/c1-19-9(14)3-2-7(10(15)16)12-5-6(4-8(12)13)20(11,17)18/h6-7H,2-5H2,1H3,(H,15,16)(H2,11,17,18)/t6?,7-/m0/s1. The van der Waals surface area contributed by atoms with E-state index < -0.39 is 39.2 Å². The van der Waals surface area contributed by atoms with Crippen LogP contribution in [0.4, 0.5) is 0 Å². The number of aliphatic carboxylic acids is 1. The van der Waals surface area contributed by atoms with Gasteiger partial charge in [0.05, 0.1) is 7.11 Å². The molecule has 0 radical (unpaired) electrons. The highest BCUT2D eigenvalue weighted by molar-refractivity contribution is 7.89. The number of amides is 1. The van der Waals surface area contributed by atoms with Crippen LogP contribution in [0.25, 0.3) is 0 Å². The van der Waals surface area contributed by atoms with E-state index in [0.717, 1.165) is 12.0 Å². The lowest BCUT2D eigenvalue weighted by Crippen LogP contribution is -2.43. The molecule has 1 aliphatic heterocycles. The first-order valence-electron chi connectivity index (χ1n) is 5.77. The van der Waals surface area contributed by atoms with Gasteiger partial charge in [-0.1, -0.05) is 0 Å². The Hall–Kier alpha value is -1.68. The normalized spacial score (nSPS) is 20.8. The lowest BCUT2D eigenvalue weighted by Gasteiger charge is -2.24. The van der Waals surface area contributed by atoms with E-state index in [-0.39, 0.29) is 25.8 Å². The molecule has 0 saturated carbocycles. The Morgan fingerprint density at radius 2 is 2.15 bits per heavy atom. The second kappa shape index (κ2) is 6.18. The van der Waals surface area contributed by atoms with Crippen LogP contribution in [-0.2, 0) is 29.1 Å². The van der Waals surface area contributed by atoms with Gasteiger partial charge in [0.1, 0.15) is 11.3 Å². The van der Waals surface area contributed by atoms with Crippen LogP contribution < -0.4 is 5.14 Å². The van der Waals surface area contributed by atoms with E-state index >= 15 is 0 Å². The summed E-state index contributed by atoms with van der Waals surface area (Å²) in [6, 6.07) is -1.27. The molecule has 1 aliphatic rings. The summed E-state index contributed by atoms with van der Waals surface area (Å²) in [6.45, 7) is -0.282. The third-order valence-electron chi connectivity index (χ3n) is 3.10. The number of nitrogens with two attached hydrogens (primary N) is 1. The fourth-order valence-electron chi connectivity index (χ4n) is 1.99. The van der Waals surface area contributed by atoms with Gasteiger partial charge in [-0.2, -0.15) is 0 Å². The molecule has 0 aliphatic carbocycles. The lowest BCUT2D eigenvalue weighted by molar-refractivity contribution is -0.149. The molecule has 1 rings (SSSR count). The van der Waals surface area contributed by atoms with E-state index in [9.17, 15) is 22.8 Å². The average molecular weight is 308 g/mol. The minimum Gasteiger partial charge on any atom is -0.480 e. The van der Waals surface area contributed by atoms with Crippen molar-refractivity contribution in [3.05, 3.63) is 0 Å². The van der Waals surface area contributed by atoms with Crippen LogP contribution in [0, 0.1) is 0 Å². The Kier molecular flexibility index (Phi) is 5.06. The highest BCUT2D eigenvalue weighted by atomic mass is 32.2. The van der Waals surface area contributed by atoms with Crippen molar-refractivity contribution in [2.75, 3.05) is 13.7 Å². The molecule has 2 atom stereocenters. The smallest absolute Gasteiger partial charge is 0.326 e. The monoisotopic (exact) mass is 308 g/mol. The Morgan fingerprint density at radius 1 is 1.55 bits per heavy atom. The van der Waals surface area contributed by atoms with E-state index in [4.69, 9.17) is 10.2 Å². The third-order valence-corrected chi connectivity index (χ3v) is 4.34. The number of carbonyl (C=O) groups excluding carboxylic acids is 2. The van der Waals surface area contributed by atoms with Gasteiger partial charge in [0.25, 0.3) is 0 Å². The zero-order chi connectivity index (χ0) is 15.5. The molecule has 1 heterocycles. The molecule has 3 N–H and O–H groups in total. The first-order chi connectivity index (χ1) is 9.16. The van der Waals surface area contributed by atoms with Crippen molar-refractivity contribution in [3.63, 3.8) is 0 Å². The number of carbonyl (C=O) groups is 3. The zero-order valence-corrected chi connectivity index (χ0v) is 11.6. The third kappa shape index (κ3) is 3.90. The Morgan fingerprint density at radius 3 is 2.55 bits per heavy atom. The summed E-state index contributed by atoms with van der Waals surface area (Å²) in [6.07, 6.45) is -0.677. The molecule has 20 heavy (non-hydrogen) atoms. The van der Waals surface area contributed by atoms with Gasteiger partial charge in [-0.05, 0) is 6.42 Å². The zero-order valence-electron chi connectivity index (χ0n) is 10.8. The van der Waals surface area contributed by atoms with Crippen molar-refractivity contribution in [2.24, 2.45) is 5.14 Å². The highest BCUT2D eigenvalue weighted by Crippen LogP contribution is 2.21. The molecule has 9 nitrogen and oxygen atoms in total. The van der Waals surface area contributed by atoms with Gasteiger partial charge >= 0.3 is 11.9 Å². The number of hydrogen-bond donors (Lipinski definition) is 2. The second-order valence-electron chi connectivity index (χ2n) is 4.43. The van der Waals surface area contributed by atoms with Crippen LogP contribution in [0.15, 0.2) is 0 Å². The first kappa shape index (κ1) is 16.4. The van der Waals surface area contributed by atoms with Gasteiger partial charge in [0.2, 0.25) is 15.9 Å². The number of primary sulfonamides is 1. The quantitative estimate of drug-likeness (QED) is 0.555. The Bertz CT molecular complexity index is 516. The number of ether oxygens (including phenoxy) is 1. The molecule has 0 aromatic carbocycles. The molecule has 0 aromatic heterocycles. The van der Waals surface area contributed by atoms with E-state index in [1.54, 1.807) is 0 Å². The fraction of sp³-hybridized carbons (Fsp3) is 0.700. The number of rotatable bonds is 6. The van der Waals surface area contributed by atoms with Gasteiger partial charge in [0, 0.05) is 19.4 Å². The summed E-state index contributed by atoms with van der Waals surface area (Å²) in [5.74, 6) is -2.52. The number of sulfonamides is 1. The number of carboxylic acids is 1. The summed E-state index contributed by atoms with van der Waals surface area (Å²) in [5.41, 5.74) is 0. The summed E-state index contributed by atoms with van der Waals surface area (Å²) >= 11 is 0. The van der Waals surface area contributed by atoms with Gasteiger partial charge in [-0.15, -0.1) is 0 Å². The Labute approximate surface area is 115 Å². The summed E-state index contributed by atoms with van der Waals surface area (Å²) in [5, 5.41) is 12.9. The van der Waals surface area contributed by atoms with E-state index in [0.29, 0.717) is 0 Å². The summed E-state index contributed by atoms with van der Waals surface area (Å²) < 4.78 is 26.8. The van der Waals surface area contributed by atoms with Crippen LogP contribution in [0.2, 0.25) is 0 Å². The van der Waals surface area contributed by atoms with E-state index in [1.807, 2.05) is 0 Å². The summed E-state index contributed by atoms with van der Waals surface area (Å²) in [4.78, 5) is 34.8. The van der Waals surface area contributed by atoms with Crippen LogP contribution >= 0.6 is 0 Å². The van der Waals surface area contributed by atoms with Gasteiger partial charge in [0.15, 0.2) is 0 Å². The number of esters is 1. The molecule has 1 fully saturated rings. The Balaban J connectivity index is 2.80. The number of nitrogens with zero attached hydrogens (tertiary/aromatic N) is 1. The SMILES string of the molecule is COC(=O)CC[C@@H](C(=O)O)N1CC(S(N)(=O)=O)CC1=O. The molecule has 1 unspecified atom stereocenters. The van der Waals surface area contributed by atoms with E-state index in [1.165, 1.54) is 0 Å².